The van der Waals surface area contributed by atoms with Crippen LogP contribution in [0.15, 0.2) is 47.4 Å². The summed E-state index contributed by atoms with van der Waals surface area (Å²) in [5.41, 5.74) is 1.93. The van der Waals surface area contributed by atoms with Crippen LogP contribution in [0.1, 0.15) is 18.4 Å². The highest BCUT2D eigenvalue weighted by Gasteiger charge is 2.21. The zero-order valence-electron chi connectivity index (χ0n) is 15.5. The van der Waals surface area contributed by atoms with Gasteiger partial charge in [0.05, 0.1) is 5.75 Å². The van der Waals surface area contributed by atoms with Gasteiger partial charge in [0.15, 0.2) is 11.5 Å². The molecule has 0 radical (unpaired) electrons. The summed E-state index contributed by atoms with van der Waals surface area (Å²) >= 11 is 1.46. The molecule has 0 unspecified atom stereocenters. The van der Waals surface area contributed by atoms with Crippen LogP contribution < -0.4 is 19.7 Å². The minimum Gasteiger partial charge on any atom is -0.486 e. The lowest BCUT2D eigenvalue weighted by Gasteiger charge is -2.18. The average Bonchev–Trinajstić information content (AvgIpc) is 3.17. The number of fused-ring (bicyclic) bond motifs is 1. The summed E-state index contributed by atoms with van der Waals surface area (Å²) in [6.45, 7) is 2.37. The van der Waals surface area contributed by atoms with E-state index in [9.17, 15) is 9.59 Å². The molecule has 0 atom stereocenters. The van der Waals surface area contributed by atoms with Crippen molar-refractivity contribution in [2.45, 2.75) is 24.3 Å². The van der Waals surface area contributed by atoms with Gasteiger partial charge in [-0.3, -0.25) is 9.59 Å². The lowest BCUT2D eigenvalue weighted by molar-refractivity contribution is -0.119. The second kappa shape index (κ2) is 8.56. The van der Waals surface area contributed by atoms with Crippen LogP contribution in [0.5, 0.6) is 11.5 Å². The normalized spacial score (nSPS) is 15.6. The molecule has 0 spiro atoms. The van der Waals surface area contributed by atoms with Gasteiger partial charge in [0.2, 0.25) is 11.8 Å². The number of hydrogen-bond acceptors (Lipinski definition) is 5. The topological polar surface area (TPSA) is 67.9 Å². The summed E-state index contributed by atoms with van der Waals surface area (Å²) in [5.74, 6) is 1.96. The molecular formula is C21H22N2O4S. The average molecular weight is 398 g/mol. The minimum absolute atomic E-state index is 0.0290. The molecule has 2 aromatic carbocycles. The van der Waals surface area contributed by atoms with Crippen LogP contribution in [-0.4, -0.2) is 37.3 Å². The monoisotopic (exact) mass is 398 g/mol. The summed E-state index contributed by atoms with van der Waals surface area (Å²) in [6.07, 6.45) is 1.54. The van der Waals surface area contributed by atoms with E-state index in [1.807, 2.05) is 47.4 Å². The first-order valence-electron chi connectivity index (χ1n) is 9.37. The first-order chi connectivity index (χ1) is 13.7. The van der Waals surface area contributed by atoms with E-state index in [0.29, 0.717) is 31.9 Å². The van der Waals surface area contributed by atoms with Crippen LogP contribution in [0.4, 0.5) is 5.69 Å². The third-order valence-corrected chi connectivity index (χ3v) is 5.69. The van der Waals surface area contributed by atoms with Crippen molar-refractivity contribution < 1.29 is 19.1 Å². The molecule has 2 amide bonds. The molecule has 7 heteroatoms. The zero-order chi connectivity index (χ0) is 19.3. The second-order valence-corrected chi connectivity index (χ2v) is 7.74. The Morgan fingerprint density at radius 2 is 1.86 bits per heavy atom. The number of anilines is 1. The first-order valence-corrected chi connectivity index (χ1v) is 10.4. The van der Waals surface area contributed by atoms with Crippen LogP contribution >= 0.6 is 11.8 Å². The number of amides is 2. The number of benzene rings is 2. The minimum atomic E-state index is -0.0290. The van der Waals surface area contributed by atoms with E-state index >= 15 is 0 Å². The second-order valence-electron chi connectivity index (χ2n) is 6.69. The largest absolute Gasteiger partial charge is 0.486 e. The zero-order valence-corrected chi connectivity index (χ0v) is 16.3. The van der Waals surface area contributed by atoms with Gasteiger partial charge in [-0.2, -0.15) is 0 Å². The maximum atomic E-state index is 12.2. The van der Waals surface area contributed by atoms with Crippen molar-refractivity contribution in [3.05, 3.63) is 48.0 Å². The smallest absolute Gasteiger partial charge is 0.230 e. The van der Waals surface area contributed by atoms with E-state index in [1.54, 1.807) is 0 Å². The van der Waals surface area contributed by atoms with Crippen LogP contribution in [0.3, 0.4) is 0 Å². The summed E-state index contributed by atoms with van der Waals surface area (Å²) in [6, 6.07) is 13.5. The van der Waals surface area contributed by atoms with Gasteiger partial charge in [-0.15, -0.1) is 11.8 Å². The fourth-order valence-electron chi connectivity index (χ4n) is 3.23. The molecule has 6 nitrogen and oxygen atoms in total. The van der Waals surface area contributed by atoms with Gasteiger partial charge in [0.1, 0.15) is 13.2 Å². The standard InChI is InChI=1S/C21H22N2O4S/c24-20(14-28-17-7-8-18-19(12-17)27-11-10-26-18)22-13-15-3-5-16(6-4-15)23-9-1-2-21(23)25/h3-8,12H,1-2,9-11,13-14H2,(H,22,24). The van der Waals surface area contributed by atoms with Crippen LogP contribution in [0.25, 0.3) is 0 Å². The fourth-order valence-corrected chi connectivity index (χ4v) is 3.98. The van der Waals surface area contributed by atoms with Crippen molar-refractivity contribution >= 4 is 29.3 Å². The summed E-state index contributed by atoms with van der Waals surface area (Å²) in [5, 5.41) is 2.93. The molecular weight excluding hydrogens is 376 g/mol. The quantitative estimate of drug-likeness (QED) is 0.758. The number of nitrogens with zero attached hydrogens (tertiary/aromatic N) is 1. The molecule has 1 fully saturated rings. The lowest BCUT2D eigenvalue weighted by atomic mass is 10.2. The Morgan fingerprint density at radius 1 is 1.07 bits per heavy atom. The predicted molar refractivity (Wildman–Crippen MR) is 108 cm³/mol. The molecule has 1 saturated heterocycles. The van der Waals surface area contributed by atoms with Crippen LogP contribution in [-0.2, 0) is 16.1 Å². The van der Waals surface area contributed by atoms with Crippen molar-refractivity contribution in [2.75, 3.05) is 30.4 Å². The summed E-state index contributed by atoms with van der Waals surface area (Å²) in [7, 11) is 0. The Kier molecular flexibility index (Phi) is 5.71. The molecule has 146 valence electrons. The molecule has 2 aliphatic heterocycles. The summed E-state index contributed by atoms with van der Waals surface area (Å²) < 4.78 is 11.1. The molecule has 2 aromatic rings. The Morgan fingerprint density at radius 3 is 2.61 bits per heavy atom. The number of hydrogen-bond donors (Lipinski definition) is 1. The van der Waals surface area contributed by atoms with Crippen molar-refractivity contribution in [1.29, 1.82) is 0 Å². The van der Waals surface area contributed by atoms with Gasteiger partial charge in [0, 0.05) is 30.1 Å². The molecule has 4 rings (SSSR count). The molecule has 28 heavy (non-hydrogen) atoms. The molecule has 0 aliphatic carbocycles. The molecule has 0 aromatic heterocycles. The van der Waals surface area contributed by atoms with Gasteiger partial charge >= 0.3 is 0 Å². The lowest BCUT2D eigenvalue weighted by Crippen LogP contribution is -2.25. The predicted octanol–water partition coefficient (Wildman–Crippen LogP) is 2.99. The van der Waals surface area contributed by atoms with Gasteiger partial charge in [0.25, 0.3) is 0 Å². The molecule has 2 heterocycles. The van der Waals surface area contributed by atoms with Crippen molar-refractivity contribution in [3.63, 3.8) is 0 Å². The van der Waals surface area contributed by atoms with E-state index in [0.717, 1.165) is 40.6 Å². The third kappa shape index (κ3) is 4.42. The third-order valence-electron chi connectivity index (χ3n) is 4.69. The SMILES string of the molecule is O=C(CSc1ccc2c(c1)OCCO2)NCc1ccc(N2CCCC2=O)cc1. The number of carbonyl (C=O) groups excluding carboxylic acids is 2. The van der Waals surface area contributed by atoms with E-state index < -0.39 is 0 Å². The van der Waals surface area contributed by atoms with Crippen LogP contribution in [0.2, 0.25) is 0 Å². The molecule has 0 bridgehead atoms. The number of rotatable bonds is 6. The Labute approximate surface area is 168 Å². The van der Waals surface area contributed by atoms with Crippen molar-refractivity contribution in [3.8, 4) is 11.5 Å². The Balaban J connectivity index is 1.25. The Hall–Kier alpha value is -2.67. The molecule has 0 saturated carbocycles. The van der Waals surface area contributed by atoms with Gasteiger partial charge in [-0.05, 0) is 42.3 Å². The highest BCUT2D eigenvalue weighted by molar-refractivity contribution is 8.00. The van der Waals surface area contributed by atoms with Gasteiger partial charge in [-0.1, -0.05) is 12.1 Å². The van der Waals surface area contributed by atoms with E-state index in [2.05, 4.69) is 5.32 Å². The van der Waals surface area contributed by atoms with E-state index in [4.69, 9.17) is 9.47 Å². The van der Waals surface area contributed by atoms with E-state index in [1.165, 1.54) is 11.8 Å². The first kappa shape index (κ1) is 18.7. The fraction of sp³-hybridized carbons (Fsp3) is 0.333. The van der Waals surface area contributed by atoms with Crippen molar-refractivity contribution in [1.82, 2.24) is 5.32 Å². The number of nitrogens with one attached hydrogen (secondary N) is 1. The molecule has 2 aliphatic rings. The highest BCUT2D eigenvalue weighted by Crippen LogP contribution is 2.34. The van der Waals surface area contributed by atoms with Crippen molar-refractivity contribution in [2.24, 2.45) is 0 Å². The summed E-state index contributed by atoms with van der Waals surface area (Å²) in [4.78, 5) is 26.7. The van der Waals surface area contributed by atoms with E-state index in [-0.39, 0.29) is 11.8 Å². The maximum absolute atomic E-state index is 12.2. The number of carbonyl (C=O) groups is 2. The highest BCUT2D eigenvalue weighted by atomic mass is 32.2. The Bertz CT molecular complexity index is 869. The maximum Gasteiger partial charge on any atom is 0.230 e. The number of ether oxygens (including phenoxy) is 2. The number of thioether (sulfide) groups is 1. The van der Waals surface area contributed by atoms with Crippen LogP contribution in [0, 0.1) is 0 Å². The van der Waals surface area contributed by atoms with Gasteiger partial charge in [-0.25, -0.2) is 0 Å². The molecule has 1 N–H and O–H groups in total. The van der Waals surface area contributed by atoms with Gasteiger partial charge < -0.3 is 19.7 Å².